The number of carbonyl (C=O) groups is 2. The second-order valence-corrected chi connectivity index (χ2v) is 9.82. The first kappa shape index (κ1) is 18.3. The van der Waals surface area contributed by atoms with E-state index in [1.807, 2.05) is 18.2 Å². The predicted molar refractivity (Wildman–Crippen MR) is 101 cm³/mol. The zero-order chi connectivity index (χ0) is 19.2. The highest BCUT2D eigenvalue weighted by atomic mass is 32.2. The third-order valence-electron chi connectivity index (χ3n) is 5.83. The Labute approximate surface area is 159 Å². The number of hydrogen-bond donors (Lipinski definition) is 0. The maximum atomic E-state index is 13.1. The van der Waals surface area contributed by atoms with Crippen LogP contribution in [0.5, 0.6) is 5.75 Å². The Morgan fingerprint density at radius 2 is 2.11 bits per heavy atom. The van der Waals surface area contributed by atoms with Crippen molar-refractivity contribution in [3.63, 3.8) is 0 Å². The molecule has 2 fully saturated rings. The predicted octanol–water partition coefficient (Wildman–Crippen LogP) is 1.01. The van der Waals surface area contributed by atoms with Gasteiger partial charge in [0, 0.05) is 31.2 Å². The standard InChI is InChI=1S/C19H24N2O5S/c1-26-16-4-5-17-13(9-16)3-2-7-20(17)19(23)14-10-18(22)21(11-14)15-6-8-27(24,25)12-15/h4-5,9,14-15H,2-3,6-8,10-12H2,1H3/t14-,15+/m0/s1. The third-order valence-corrected chi connectivity index (χ3v) is 7.58. The second-order valence-electron chi connectivity index (χ2n) is 7.59. The number of aryl methyl sites for hydroxylation is 1. The number of carbonyl (C=O) groups excluding carboxylic acids is 2. The highest BCUT2D eigenvalue weighted by molar-refractivity contribution is 7.91. The van der Waals surface area contributed by atoms with Crippen LogP contribution in [0, 0.1) is 5.92 Å². The number of likely N-dealkylation sites (tertiary alicyclic amines) is 1. The molecule has 4 rings (SSSR count). The maximum absolute atomic E-state index is 13.1. The number of nitrogens with zero attached hydrogens (tertiary/aromatic N) is 2. The van der Waals surface area contributed by atoms with Crippen molar-refractivity contribution in [2.75, 3.05) is 36.6 Å². The van der Waals surface area contributed by atoms with Gasteiger partial charge in [0.1, 0.15) is 5.75 Å². The number of rotatable bonds is 3. The van der Waals surface area contributed by atoms with E-state index in [1.54, 1.807) is 16.9 Å². The molecule has 27 heavy (non-hydrogen) atoms. The van der Waals surface area contributed by atoms with Crippen LogP contribution in [0.15, 0.2) is 18.2 Å². The minimum absolute atomic E-state index is 0.0198. The molecule has 0 aromatic heterocycles. The summed E-state index contributed by atoms with van der Waals surface area (Å²) in [7, 11) is -1.44. The summed E-state index contributed by atoms with van der Waals surface area (Å²) in [6.07, 6.45) is 2.40. The molecule has 2 amide bonds. The van der Waals surface area contributed by atoms with Crippen molar-refractivity contribution in [3.8, 4) is 5.75 Å². The molecule has 0 saturated carbocycles. The summed E-state index contributed by atoms with van der Waals surface area (Å²) < 4.78 is 28.7. The van der Waals surface area contributed by atoms with Crippen LogP contribution in [0.1, 0.15) is 24.8 Å². The Bertz CT molecular complexity index is 882. The molecule has 2 atom stereocenters. The summed E-state index contributed by atoms with van der Waals surface area (Å²) in [4.78, 5) is 29.0. The third kappa shape index (κ3) is 3.42. The summed E-state index contributed by atoms with van der Waals surface area (Å²) in [5.41, 5.74) is 1.97. The Morgan fingerprint density at radius 1 is 1.30 bits per heavy atom. The molecule has 1 aromatic rings. The monoisotopic (exact) mass is 392 g/mol. The van der Waals surface area contributed by atoms with Gasteiger partial charge in [0.2, 0.25) is 11.8 Å². The zero-order valence-electron chi connectivity index (χ0n) is 15.4. The average molecular weight is 392 g/mol. The van der Waals surface area contributed by atoms with Gasteiger partial charge in [-0.3, -0.25) is 9.59 Å². The zero-order valence-corrected chi connectivity index (χ0v) is 16.2. The van der Waals surface area contributed by atoms with Gasteiger partial charge >= 0.3 is 0 Å². The van der Waals surface area contributed by atoms with Gasteiger partial charge < -0.3 is 14.5 Å². The lowest BCUT2D eigenvalue weighted by Gasteiger charge is -2.32. The molecule has 2 saturated heterocycles. The molecule has 0 aliphatic carbocycles. The highest BCUT2D eigenvalue weighted by Crippen LogP contribution is 2.34. The van der Waals surface area contributed by atoms with Crippen LogP contribution in [0.2, 0.25) is 0 Å². The van der Waals surface area contributed by atoms with Gasteiger partial charge in [0.15, 0.2) is 9.84 Å². The molecular weight excluding hydrogens is 368 g/mol. The van der Waals surface area contributed by atoms with Gasteiger partial charge in [0.25, 0.3) is 0 Å². The van der Waals surface area contributed by atoms with Gasteiger partial charge in [-0.05, 0) is 43.0 Å². The minimum Gasteiger partial charge on any atom is -0.497 e. The summed E-state index contributed by atoms with van der Waals surface area (Å²) >= 11 is 0. The number of anilines is 1. The molecular formula is C19H24N2O5S. The van der Waals surface area contributed by atoms with Crippen molar-refractivity contribution < 1.29 is 22.7 Å². The lowest BCUT2D eigenvalue weighted by Crippen LogP contribution is -2.42. The van der Waals surface area contributed by atoms with Gasteiger partial charge in [0.05, 0.1) is 24.5 Å². The molecule has 8 heteroatoms. The fraction of sp³-hybridized carbons (Fsp3) is 0.579. The molecule has 0 bridgehead atoms. The molecule has 3 heterocycles. The lowest BCUT2D eigenvalue weighted by molar-refractivity contribution is -0.129. The lowest BCUT2D eigenvalue weighted by atomic mass is 9.98. The van der Waals surface area contributed by atoms with E-state index in [4.69, 9.17) is 4.74 Å². The average Bonchev–Trinajstić information content (AvgIpc) is 3.22. The largest absolute Gasteiger partial charge is 0.497 e. The Hall–Kier alpha value is -2.09. The van der Waals surface area contributed by atoms with E-state index >= 15 is 0 Å². The molecule has 1 aromatic carbocycles. The van der Waals surface area contributed by atoms with E-state index in [0.29, 0.717) is 19.5 Å². The number of ether oxygens (including phenoxy) is 1. The summed E-state index contributed by atoms with van der Waals surface area (Å²) in [6, 6.07) is 5.44. The van der Waals surface area contributed by atoms with Crippen molar-refractivity contribution in [1.29, 1.82) is 0 Å². The molecule has 0 unspecified atom stereocenters. The SMILES string of the molecule is COc1ccc2c(c1)CCCN2C(=O)[C@H]1CC(=O)N([C@@H]2CCS(=O)(=O)C2)C1. The first-order chi connectivity index (χ1) is 12.9. The highest BCUT2D eigenvalue weighted by Gasteiger charge is 2.43. The van der Waals surface area contributed by atoms with Crippen LogP contribution in [-0.2, 0) is 25.8 Å². The van der Waals surface area contributed by atoms with Crippen molar-refractivity contribution >= 4 is 27.3 Å². The number of benzene rings is 1. The van der Waals surface area contributed by atoms with Gasteiger partial charge in [-0.2, -0.15) is 0 Å². The van der Waals surface area contributed by atoms with Crippen molar-refractivity contribution in [2.24, 2.45) is 5.92 Å². The molecule has 146 valence electrons. The molecule has 0 N–H and O–H groups in total. The molecule has 0 spiro atoms. The number of fused-ring (bicyclic) bond motifs is 1. The normalized spacial score (nSPS) is 26.9. The maximum Gasteiger partial charge on any atom is 0.232 e. The van der Waals surface area contributed by atoms with E-state index in [9.17, 15) is 18.0 Å². The van der Waals surface area contributed by atoms with E-state index in [0.717, 1.165) is 29.8 Å². The minimum atomic E-state index is -3.06. The number of amides is 2. The number of hydrogen-bond acceptors (Lipinski definition) is 5. The fourth-order valence-corrected chi connectivity index (χ4v) is 6.15. The van der Waals surface area contributed by atoms with Gasteiger partial charge in [-0.25, -0.2) is 8.42 Å². The molecule has 0 radical (unpaired) electrons. The van der Waals surface area contributed by atoms with Crippen LogP contribution >= 0.6 is 0 Å². The van der Waals surface area contributed by atoms with Gasteiger partial charge in [-0.15, -0.1) is 0 Å². The van der Waals surface area contributed by atoms with Crippen LogP contribution in [-0.4, -0.2) is 62.9 Å². The van der Waals surface area contributed by atoms with Crippen molar-refractivity contribution in [1.82, 2.24) is 4.90 Å². The number of sulfone groups is 1. The molecule has 3 aliphatic rings. The Morgan fingerprint density at radius 3 is 2.81 bits per heavy atom. The quantitative estimate of drug-likeness (QED) is 0.767. The van der Waals surface area contributed by atoms with Crippen LogP contribution < -0.4 is 9.64 Å². The van der Waals surface area contributed by atoms with E-state index < -0.39 is 15.8 Å². The van der Waals surface area contributed by atoms with Crippen LogP contribution in [0.3, 0.4) is 0 Å². The molecule has 3 aliphatic heterocycles. The fourth-order valence-electron chi connectivity index (χ4n) is 4.42. The Balaban J connectivity index is 1.51. The summed E-state index contributed by atoms with van der Waals surface area (Å²) in [5.74, 6) is 0.356. The van der Waals surface area contributed by atoms with Gasteiger partial charge in [-0.1, -0.05) is 0 Å². The van der Waals surface area contributed by atoms with E-state index in [-0.39, 0.29) is 35.8 Å². The number of methoxy groups -OCH3 is 1. The topological polar surface area (TPSA) is 84.0 Å². The smallest absolute Gasteiger partial charge is 0.232 e. The summed E-state index contributed by atoms with van der Waals surface area (Å²) in [6.45, 7) is 0.959. The van der Waals surface area contributed by atoms with E-state index in [2.05, 4.69) is 0 Å². The van der Waals surface area contributed by atoms with Crippen molar-refractivity contribution in [3.05, 3.63) is 23.8 Å². The molecule has 7 nitrogen and oxygen atoms in total. The van der Waals surface area contributed by atoms with Crippen LogP contribution in [0.4, 0.5) is 5.69 Å². The first-order valence-electron chi connectivity index (χ1n) is 9.36. The van der Waals surface area contributed by atoms with E-state index in [1.165, 1.54) is 0 Å². The summed E-state index contributed by atoms with van der Waals surface area (Å²) in [5, 5.41) is 0. The second kappa shape index (κ2) is 6.82. The Kier molecular flexibility index (Phi) is 4.61. The van der Waals surface area contributed by atoms with Crippen LogP contribution in [0.25, 0.3) is 0 Å². The first-order valence-corrected chi connectivity index (χ1v) is 11.2. The van der Waals surface area contributed by atoms with Crippen molar-refractivity contribution in [2.45, 2.75) is 31.7 Å².